The molecule has 172 valence electrons. The molecule has 1 aliphatic heterocycles. The fourth-order valence-corrected chi connectivity index (χ4v) is 3.78. The van der Waals surface area contributed by atoms with E-state index in [4.69, 9.17) is 0 Å². The van der Waals surface area contributed by atoms with Crippen LogP contribution in [0.2, 0.25) is 0 Å². The van der Waals surface area contributed by atoms with Crippen LogP contribution in [0.15, 0.2) is 36.9 Å². The van der Waals surface area contributed by atoms with Gasteiger partial charge in [0.2, 0.25) is 5.95 Å². The first-order valence-electron chi connectivity index (χ1n) is 9.59. The average Bonchev–Trinajstić information content (AvgIpc) is 3.50. The highest BCUT2D eigenvalue weighted by atomic mass is 19.4. The van der Waals surface area contributed by atoms with Gasteiger partial charge in [0, 0.05) is 12.6 Å². The van der Waals surface area contributed by atoms with Crippen LogP contribution in [0.4, 0.5) is 33.7 Å². The second kappa shape index (κ2) is 7.20. The normalized spacial score (nSPS) is 17.6. The number of hydrogen-bond donors (Lipinski definition) is 1. The van der Waals surface area contributed by atoms with Crippen molar-refractivity contribution in [2.24, 2.45) is 0 Å². The monoisotopic (exact) mass is 472 g/mol. The van der Waals surface area contributed by atoms with E-state index in [1.807, 2.05) is 6.07 Å². The van der Waals surface area contributed by atoms with Gasteiger partial charge in [-0.2, -0.15) is 33.0 Å². The van der Waals surface area contributed by atoms with E-state index in [2.05, 4.69) is 30.6 Å². The van der Waals surface area contributed by atoms with Crippen molar-refractivity contribution >= 4 is 23.1 Å². The molecule has 0 aromatic carbocycles. The Bertz CT molecular complexity index is 1470. The van der Waals surface area contributed by atoms with Gasteiger partial charge in [0.1, 0.15) is 17.0 Å². The van der Waals surface area contributed by atoms with Crippen LogP contribution in [-0.4, -0.2) is 53.3 Å². The molecular formula is C19H12F4N10O. The number of hydrogen-bond acceptors (Lipinski definition) is 7. The van der Waals surface area contributed by atoms with Gasteiger partial charge in [-0.15, -0.1) is 9.90 Å². The van der Waals surface area contributed by atoms with Crippen LogP contribution in [0.3, 0.4) is 0 Å². The molecular weight excluding hydrogens is 460 g/mol. The zero-order valence-corrected chi connectivity index (χ0v) is 17.1. The molecule has 5 heterocycles. The maximum absolute atomic E-state index is 14.1. The van der Waals surface area contributed by atoms with E-state index in [0.717, 1.165) is 33.4 Å². The summed E-state index contributed by atoms with van der Waals surface area (Å²) >= 11 is 0. The third-order valence-electron chi connectivity index (χ3n) is 5.44. The van der Waals surface area contributed by atoms with Crippen molar-refractivity contribution in [3.63, 3.8) is 0 Å². The van der Waals surface area contributed by atoms with Gasteiger partial charge in [0.15, 0.2) is 11.5 Å². The van der Waals surface area contributed by atoms with Crippen LogP contribution < -0.4 is 10.2 Å². The number of amides is 2. The molecule has 1 atom stereocenters. The Labute approximate surface area is 187 Å². The Morgan fingerprint density at radius 3 is 2.62 bits per heavy atom. The van der Waals surface area contributed by atoms with Gasteiger partial charge in [0.25, 0.3) is 0 Å². The SMILES string of the molecule is C[C@@]1(C(F)(F)F)CN(C(=O)Nc2cnc(-n3nccn3)c(C#N)c2)c2cnc3cc(F)nn3c21. The lowest BCUT2D eigenvalue weighted by atomic mass is 9.88. The molecule has 0 radical (unpaired) electrons. The number of nitriles is 1. The number of nitrogens with one attached hydrogen (secondary N) is 1. The minimum atomic E-state index is -4.79. The second-order valence-electron chi connectivity index (χ2n) is 7.60. The predicted molar refractivity (Wildman–Crippen MR) is 107 cm³/mol. The van der Waals surface area contributed by atoms with Gasteiger partial charge in [-0.05, 0) is 13.0 Å². The van der Waals surface area contributed by atoms with Crippen LogP contribution in [0.5, 0.6) is 0 Å². The number of aromatic nitrogens is 7. The number of fused-ring (bicyclic) bond motifs is 3. The molecule has 2 amide bonds. The third kappa shape index (κ3) is 3.10. The Morgan fingerprint density at radius 1 is 1.21 bits per heavy atom. The van der Waals surface area contributed by atoms with E-state index < -0.39 is 35.8 Å². The van der Waals surface area contributed by atoms with Crippen molar-refractivity contribution in [3.8, 4) is 11.9 Å². The summed E-state index contributed by atoms with van der Waals surface area (Å²) in [5, 5.41) is 23.1. The highest BCUT2D eigenvalue weighted by Gasteiger charge is 2.60. The first kappa shape index (κ1) is 21.2. The summed E-state index contributed by atoms with van der Waals surface area (Å²) in [5.74, 6) is -0.899. The fraction of sp³-hybridized carbons (Fsp3) is 0.211. The van der Waals surface area contributed by atoms with Crippen LogP contribution >= 0.6 is 0 Å². The van der Waals surface area contributed by atoms with Crippen LogP contribution in [0, 0.1) is 17.3 Å². The summed E-state index contributed by atoms with van der Waals surface area (Å²) in [4.78, 5) is 23.0. The molecule has 0 fully saturated rings. The molecule has 4 aromatic rings. The molecule has 11 nitrogen and oxygen atoms in total. The number of nitrogens with zero attached hydrogens (tertiary/aromatic N) is 9. The zero-order chi connectivity index (χ0) is 24.3. The number of alkyl halides is 3. The largest absolute Gasteiger partial charge is 0.401 e. The quantitative estimate of drug-likeness (QED) is 0.444. The minimum absolute atomic E-state index is 0.0198. The number of rotatable bonds is 2. The standard InChI is InChI=1S/C19H12F4N10O/c1-18(19(21,22)23)9-31(12-8-25-14-5-13(20)30-32(14)15(12)18)17(34)29-11-4-10(6-24)16(26-7-11)33-27-2-3-28-33/h2-5,7-8H,9H2,1H3,(H,29,34)/t18-/m1/s1. The summed E-state index contributed by atoms with van der Waals surface area (Å²) in [6.45, 7) is 0.104. The van der Waals surface area contributed by atoms with E-state index in [9.17, 15) is 27.6 Å². The lowest BCUT2D eigenvalue weighted by Gasteiger charge is -2.28. The number of carbonyl (C=O) groups is 1. The second-order valence-corrected chi connectivity index (χ2v) is 7.60. The highest BCUT2D eigenvalue weighted by molar-refractivity contribution is 6.03. The van der Waals surface area contributed by atoms with E-state index in [0.29, 0.717) is 0 Å². The molecule has 34 heavy (non-hydrogen) atoms. The predicted octanol–water partition coefficient (Wildman–Crippen LogP) is 2.59. The molecule has 1 aliphatic rings. The maximum atomic E-state index is 14.1. The number of urea groups is 1. The summed E-state index contributed by atoms with van der Waals surface area (Å²) in [5.41, 5.74) is -3.20. The lowest BCUT2D eigenvalue weighted by Crippen LogP contribution is -2.46. The zero-order valence-electron chi connectivity index (χ0n) is 17.1. The highest BCUT2D eigenvalue weighted by Crippen LogP contribution is 2.49. The van der Waals surface area contributed by atoms with Crippen LogP contribution in [0.25, 0.3) is 11.5 Å². The number of halogens is 4. The summed E-state index contributed by atoms with van der Waals surface area (Å²) in [6, 6.07) is 3.15. The molecule has 0 bridgehead atoms. The van der Waals surface area contributed by atoms with Crippen molar-refractivity contribution in [2.75, 3.05) is 16.8 Å². The first-order valence-corrected chi connectivity index (χ1v) is 9.59. The molecule has 15 heteroatoms. The van der Waals surface area contributed by atoms with Gasteiger partial charge in [-0.3, -0.25) is 4.90 Å². The molecule has 0 aliphatic carbocycles. The molecule has 4 aromatic heterocycles. The number of carbonyl (C=O) groups excluding carboxylic acids is 1. The summed E-state index contributed by atoms with van der Waals surface area (Å²) in [7, 11) is 0. The molecule has 1 N–H and O–H groups in total. The Kier molecular flexibility index (Phi) is 4.50. The Morgan fingerprint density at radius 2 is 1.94 bits per heavy atom. The van der Waals surface area contributed by atoms with E-state index >= 15 is 0 Å². The lowest BCUT2D eigenvalue weighted by molar-refractivity contribution is -0.181. The third-order valence-corrected chi connectivity index (χ3v) is 5.44. The van der Waals surface area contributed by atoms with Crippen molar-refractivity contribution in [1.82, 2.24) is 34.6 Å². The van der Waals surface area contributed by atoms with Crippen molar-refractivity contribution in [3.05, 3.63) is 54.1 Å². The summed E-state index contributed by atoms with van der Waals surface area (Å²) < 4.78 is 56.8. The van der Waals surface area contributed by atoms with E-state index in [1.165, 1.54) is 24.7 Å². The van der Waals surface area contributed by atoms with Gasteiger partial charge in [-0.25, -0.2) is 19.3 Å². The minimum Gasteiger partial charge on any atom is -0.306 e. The van der Waals surface area contributed by atoms with Crippen LogP contribution in [0.1, 0.15) is 18.2 Å². The van der Waals surface area contributed by atoms with Crippen LogP contribution in [-0.2, 0) is 5.41 Å². The average molecular weight is 472 g/mol. The molecule has 0 saturated carbocycles. The molecule has 5 rings (SSSR count). The van der Waals surface area contributed by atoms with Crippen molar-refractivity contribution in [1.29, 1.82) is 5.26 Å². The van der Waals surface area contributed by atoms with E-state index in [1.54, 1.807) is 0 Å². The fourth-order valence-electron chi connectivity index (χ4n) is 3.78. The molecule has 0 spiro atoms. The van der Waals surface area contributed by atoms with Gasteiger partial charge in [-0.1, -0.05) is 0 Å². The van der Waals surface area contributed by atoms with Crippen molar-refractivity contribution < 1.29 is 22.4 Å². The molecule has 0 saturated heterocycles. The Balaban J connectivity index is 1.53. The van der Waals surface area contributed by atoms with Gasteiger partial charge < -0.3 is 5.32 Å². The van der Waals surface area contributed by atoms with Crippen molar-refractivity contribution in [2.45, 2.75) is 18.5 Å². The topological polar surface area (TPSA) is 130 Å². The van der Waals surface area contributed by atoms with Gasteiger partial charge >= 0.3 is 12.2 Å². The van der Waals surface area contributed by atoms with Gasteiger partial charge in [0.05, 0.1) is 41.9 Å². The maximum Gasteiger partial charge on any atom is 0.401 e. The smallest absolute Gasteiger partial charge is 0.306 e. The van der Waals surface area contributed by atoms with E-state index in [-0.39, 0.29) is 28.4 Å². The number of anilines is 2. The Hall–Kier alpha value is -4.61. The molecule has 0 unspecified atom stereocenters. The summed E-state index contributed by atoms with van der Waals surface area (Å²) in [6.07, 6.45) is 0.256. The number of pyridine rings is 1. The first-order chi connectivity index (χ1) is 16.1.